The summed E-state index contributed by atoms with van der Waals surface area (Å²) in [4.78, 5) is 17.3. The predicted molar refractivity (Wildman–Crippen MR) is 84.5 cm³/mol. The molecule has 0 aliphatic carbocycles. The Morgan fingerprint density at radius 3 is 2.86 bits per heavy atom. The fourth-order valence-corrected chi connectivity index (χ4v) is 2.87. The van der Waals surface area contributed by atoms with E-state index in [9.17, 15) is 4.79 Å². The molecule has 7 heteroatoms. The first-order valence-electron chi connectivity index (χ1n) is 7.07. The number of amides is 1. The highest BCUT2D eigenvalue weighted by atomic mass is 32.1. The first-order chi connectivity index (χ1) is 10.1. The average Bonchev–Trinajstić information content (AvgIpc) is 3.04. The van der Waals surface area contributed by atoms with Crippen LogP contribution in [-0.4, -0.2) is 40.3 Å². The molecule has 1 amide bonds. The summed E-state index contributed by atoms with van der Waals surface area (Å²) < 4.78 is 1.73. The molecular formula is C14H21N5OS. The van der Waals surface area contributed by atoms with Crippen LogP contribution >= 0.6 is 11.3 Å². The van der Waals surface area contributed by atoms with Crippen molar-refractivity contribution in [3.63, 3.8) is 0 Å². The van der Waals surface area contributed by atoms with Crippen LogP contribution in [0, 0.1) is 6.92 Å². The van der Waals surface area contributed by atoms with Crippen molar-refractivity contribution in [1.82, 2.24) is 25.4 Å². The van der Waals surface area contributed by atoms with Crippen LogP contribution in [0.1, 0.15) is 28.7 Å². The zero-order chi connectivity index (χ0) is 15.2. The number of aromatic nitrogens is 3. The van der Waals surface area contributed by atoms with E-state index in [4.69, 9.17) is 0 Å². The second-order valence-electron chi connectivity index (χ2n) is 4.84. The van der Waals surface area contributed by atoms with Crippen LogP contribution in [0.15, 0.2) is 12.4 Å². The van der Waals surface area contributed by atoms with Crippen LogP contribution in [0.4, 0.5) is 0 Å². The molecule has 6 nitrogen and oxygen atoms in total. The van der Waals surface area contributed by atoms with Gasteiger partial charge in [0, 0.05) is 31.9 Å². The minimum Gasteiger partial charge on any atom is -0.350 e. The molecule has 0 saturated heterocycles. The van der Waals surface area contributed by atoms with Gasteiger partial charge in [-0.2, -0.15) is 5.10 Å². The third-order valence-electron chi connectivity index (χ3n) is 2.97. The zero-order valence-corrected chi connectivity index (χ0v) is 13.5. The number of hydrogen-bond donors (Lipinski definition) is 2. The van der Waals surface area contributed by atoms with Gasteiger partial charge in [0.25, 0.3) is 5.91 Å². The maximum Gasteiger partial charge on any atom is 0.263 e. The second-order valence-corrected chi connectivity index (χ2v) is 5.84. The van der Waals surface area contributed by atoms with Gasteiger partial charge in [0.05, 0.1) is 11.9 Å². The lowest BCUT2D eigenvalue weighted by Gasteiger charge is -2.04. The van der Waals surface area contributed by atoms with Crippen molar-refractivity contribution < 1.29 is 4.79 Å². The third kappa shape index (κ3) is 4.12. The highest BCUT2D eigenvalue weighted by molar-refractivity contribution is 7.17. The van der Waals surface area contributed by atoms with E-state index < -0.39 is 0 Å². The van der Waals surface area contributed by atoms with Crippen LogP contribution in [0.3, 0.4) is 0 Å². The molecule has 2 rings (SSSR count). The van der Waals surface area contributed by atoms with Gasteiger partial charge < -0.3 is 10.6 Å². The Bertz CT molecular complexity index is 604. The molecule has 0 unspecified atom stereocenters. The third-order valence-corrected chi connectivity index (χ3v) is 4.17. The summed E-state index contributed by atoms with van der Waals surface area (Å²) in [6, 6.07) is 0. The van der Waals surface area contributed by atoms with E-state index >= 15 is 0 Å². The van der Waals surface area contributed by atoms with Gasteiger partial charge >= 0.3 is 0 Å². The highest BCUT2D eigenvalue weighted by Crippen LogP contribution is 2.27. The summed E-state index contributed by atoms with van der Waals surface area (Å²) in [6.45, 7) is 6.36. The highest BCUT2D eigenvalue weighted by Gasteiger charge is 2.16. The van der Waals surface area contributed by atoms with E-state index in [0.717, 1.165) is 35.8 Å². The number of nitrogens with one attached hydrogen (secondary N) is 2. The molecule has 0 aliphatic rings. The molecule has 0 aliphatic heterocycles. The summed E-state index contributed by atoms with van der Waals surface area (Å²) >= 11 is 1.41. The number of carbonyl (C=O) groups excluding carboxylic acids is 1. The fraction of sp³-hybridized carbons (Fsp3) is 0.500. The molecule has 2 heterocycles. The van der Waals surface area contributed by atoms with Crippen molar-refractivity contribution in [3.05, 3.63) is 23.0 Å². The average molecular weight is 307 g/mol. The number of rotatable bonds is 7. The molecule has 2 aromatic rings. The Balaban J connectivity index is 1.97. The number of hydrogen-bond acceptors (Lipinski definition) is 5. The lowest BCUT2D eigenvalue weighted by Crippen LogP contribution is -2.32. The minimum atomic E-state index is -0.0570. The molecule has 2 N–H and O–H groups in total. The Hall–Kier alpha value is -1.73. The lowest BCUT2D eigenvalue weighted by molar-refractivity contribution is 0.0957. The van der Waals surface area contributed by atoms with E-state index in [1.807, 2.05) is 20.2 Å². The van der Waals surface area contributed by atoms with Gasteiger partial charge in [0.2, 0.25) is 0 Å². The first kappa shape index (κ1) is 15.7. The summed E-state index contributed by atoms with van der Waals surface area (Å²) in [5, 5.41) is 11.1. The minimum absolute atomic E-state index is 0.0570. The van der Waals surface area contributed by atoms with E-state index in [2.05, 4.69) is 27.6 Å². The SMILES string of the molecule is CCCNCCNC(=O)c1sc(-c2cnn(C)c2)nc1C. The van der Waals surface area contributed by atoms with Crippen molar-refractivity contribution >= 4 is 17.2 Å². The van der Waals surface area contributed by atoms with Crippen molar-refractivity contribution in [2.75, 3.05) is 19.6 Å². The van der Waals surface area contributed by atoms with Crippen LogP contribution in [-0.2, 0) is 7.05 Å². The molecule has 2 aromatic heterocycles. The molecule has 0 atom stereocenters. The molecule has 0 aromatic carbocycles. The van der Waals surface area contributed by atoms with Crippen molar-refractivity contribution in [1.29, 1.82) is 0 Å². The normalized spacial score (nSPS) is 10.8. The van der Waals surface area contributed by atoms with Gasteiger partial charge in [-0.25, -0.2) is 4.98 Å². The van der Waals surface area contributed by atoms with Gasteiger partial charge in [-0.1, -0.05) is 6.92 Å². The van der Waals surface area contributed by atoms with Gasteiger partial charge in [-0.05, 0) is 19.9 Å². The number of aryl methyl sites for hydroxylation is 2. The number of thiazole rings is 1. The zero-order valence-electron chi connectivity index (χ0n) is 12.6. The Morgan fingerprint density at radius 2 is 2.19 bits per heavy atom. The molecule has 0 radical (unpaired) electrons. The Kier molecular flexibility index (Phi) is 5.46. The number of nitrogens with zero attached hydrogens (tertiary/aromatic N) is 3. The van der Waals surface area contributed by atoms with Gasteiger partial charge in [-0.15, -0.1) is 11.3 Å². The fourth-order valence-electron chi connectivity index (χ4n) is 1.91. The van der Waals surface area contributed by atoms with Gasteiger partial charge in [-0.3, -0.25) is 9.48 Å². The quantitative estimate of drug-likeness (QED) is 0.762. The first-order valence-corrected chi connectivity index (χ1v) is 7.88. The standard InChI is InChI=1S/C14H21N5OS/c1-4-5-15-6-7-16-13(20)12-10(2)18-14(21-12)11-8-17-19(3)9-11/h8-9,15H,4-7H2,1-3H3,(H,16,20). The molecule has 0 saturated carbocycles. The van der Waals surface area contributed by atoms with E-state index in [1.54, 1.807) is 10.9 Å². The monoisotopic (exact) mass is 307 g/mol. The maximum atomic E-state index is 12.2. The molecule has 0 bridgehead atoms. The molecular weight excluding hydrogens is 286 g/mol. The van der Waals surface area contributed by atoms with Crippen LogP contribution < -0.4 is 10.6 Å². The van der Waals surface area contributed by atoms with E-state index in [-0.39, 0.29) is 5.91 Å². The summed E-state index contributed by atoms with van der Waals surface area (Å²) in [5.41, 5.74) is 1.70. The maximum absolute atomic E-state index is 12.2. The lowest BCUT2D eigenvalue weighted by atomic mass is 10.3. The summed E-state index contributed by atoms with van der Waals surface area (Å²) in [5.74, 6) is -0.0570. The molecule has 114 valence electrons. The van der Waals surface area contributed by atoms with E-state index in [0.29, 0.717) is 11.4 Å². The molecule has 0 spiro atoms. The number of carbonyl (C=O) groups is 1. The second kappa shape index (κ2) is 7.33. The predicted octanol–water partition coefficient (Wildman–Crippen LogP) is 1.58. The molecule has 21 heavy (non-hydrogen) atoms. The smallest absolute Gasteiger partial charge is 0.263 e. The van der Waals surface area contributed by atoms with Crippen molar-refractivity contribution in [2.45, 2.75) is 20.3 Å². The van der Waals surface area contributed by atoms with Crippen molar-refractivity contribution in [2.24, 2.45) is 7.05 Å². The Labute approximate surface area is 128 Å². The Morgan fingerprint density at radius 1 is 1.38 bits per heavy atom. The van der Waals surface area contributed by atoms with Crippen LogP contribution in [0.2, 0.25) is 0 Å². The topological polar surface area (TPSA) is 71.8 Å². The van der Waals surface area contributed by atoms with Crippen molar-refractivity contribution in [3.8, 4) is 10.6 Å². The van der Waals surface area contributed by atoms with Gasteiger partial charge in [0.15, 0.2) is 0 Å². The largest absolute Gasteiger partial charge is 0.350 e. The summed E-state index contributed by atoms with van der Waals surface area (Å²) in [7, 11) is 1.86. The van der Waals surface area contributed by atoms with E-state index in [1.165, 1.54) is 11.3 Å². The van der Waals surface area contributed by atoms with Crippen LogP contribution in [0.25, 0.3) is 10.6 Å². The summed E-state index contributed by atoms with van der Waals surface area (Å²) in [6.07, 6.45) is 4.75. The molecule has 0 fully saturated rings. The van der Waals surface area contributed by atoms with Gasteiger partial charge in [0.1, 0.15) is 9.88 Å². The van der Waals surface area contributed by atoms with Crippen LogP contribution in [0.5, 0.6) is 0 Å².